The Morgan fingerprint density at radius 1 is 0.969 bits per heavy atom. The van der Waals surface area contributed by atoms with Gasteiger partial charge in [-0.15, -0.1) is 0 Å². The Labute approximate surface area is 184 Å². The standard InChI is InChI=1S/C25H23N3O4/c1-17-11-12-21(22(15-17)32-16-18-7-3-2-4-8-18)26-23(29)13-14-28-25(31)20-10-6-5-9-19(20)24(30)27-28/h2-12,15H,13-14,16H2,1H3,(H,26,29)(H,27,30). The van der Waals surface area contributed by atoms with E-state index < -0.39 is 0 Å². The number of hydrogen-bond donors (Lipinski definition) is 2. The van der Waals surface area contributed by atoms with Crippen molar-refractivity contribution in [3.63, 3.8) is 0 Å². The molecule has 7 heteroatoms. The number of hydrogen-bond acceptors (Lipinski definition) is 4. The summed E-state index contributed by atoms with van der Waals surface area (Å²) in [7, 11) is 0. The van der Waals surface area contributed by atoms with E-state index in [4.69, 9.17) is 4.74 Å². The summed E-state index contributed by atoms with van der Waals surface area (Å²) in [6, 6.07) is 21.9. The molecule has 0 atom stereocenters. The van der Waals surface area contributed by atoms with E-state index in [1.807, 2.05) is 49.4 Å². The SMILES string of the molecule is Cc1ccc(NC(=O)CCn2[nH]c(=O)c3ccccc3c2=O)c(OCc2ccccc2)c1. The number of aromatic nitrogens is 2. The number of ether oxygens (including phenoxy) is 1. The van der Waals surface area contributed by atoms with Crippen molar-refractivity contribution in [2.75, 3.05) is 5.32 Å². The van der Waals surface area contributed by atoms with E-state index in [0.717, 1.165) is 11.1 Å². The molecule has 0 bridgehead atoms. The minimum atomic E-state index is -0.365. The molecule has 0 fully saturated rings. The zero-order valence-corrected chi connectivity index (χ0v) is 17.6. The molecule has 0 aliphatic heterocycles. The molecule has 0 saturated heterocycles. The van der Waals surface area contributed by atoms with Crippen LogP contribution < -0.4 is 21.2 Å². The van der Waals surface area contributed by atoms with Crippen LogP contribution in [-0.4, -0.2) is 15.7 Å². The highest BCUT2D eigenvalue weighted by atomic mass is 16.5. The predicted molar refractivity (Wildman–Crippen MR) is 124 cm³/mol. The van der Waals surface area contributed by atoms with E-state index in [-0.39, 0.29) is 30.0 Å². The molecule has 0 spiro atoms. The minimum Gasteiger partial charge on any atom is -0.487 e. The van der Waals surface area contributed by atoms with E-state index in [1.165, 1.54) is 4.68 Å². The van der Waals surface area contributed by atoms with Crippen LogP contribution in [-0.2, 0) is 17.9 Å². The van der Waals surface area contributed by atoms with Crippen LogP contribution in [0.4, 0.5) is 5.69 Å². The topological polar surface area (TPSA) is 93.2 Å². The van der Waals surface area contributed by atoms with Crippen LogP contribution in [0, 0.1) is 6.92 Å². The van der Waals surface area contributed by atoms with Gasteiger partial charge >= 0.3 is 0 Å². The second kappa shape index (κ2) is 9.34. The lowest BCUT2D eigenvalue weighted by atomic mass is 10.2. The van der Waals surface area contributed by atoms with Gasteiger partial charge in [-0.25, -0.2) is 4.68 Å². The third kappa shape index (κ3) is 4.78. The normalized spacial score (nSPS) is 10.8. The third-order valence-electron chi connectivity index (χ3n) is 5.09. The van der Waals surface area contributed by atoms with Gasteiger partial charge in [-0.2, -0.15) is 0 Å². The fourth-order valence-corrected chi connectivity index (χ4v) is 3.42. The molecule has 0 radical (unpaired) electrons. The van der Waals surface area contributed by atoms with Crippen molar-refractivity contribution in [3.05, 3.63) is 105 Å². The number of rotatable bonds is 7. The zero-order valence-electron chi connectivity index (χ0n) is 17.6. The van der Waals surface area contributed by atoms with Crippen LogP contribution in [0.5, 0.6) is 5.75 Å². The fraction of sp³-hybridized carbons (Fsp3) is 0.160. The lowest BCUT2D eigenvalue weighted by molar-refractivity contribution is -0.116. The van der Waals surface area contributed by atoms with Gasteiger partial charge in [0.1, 0.15) is 12.4 Å². The highest BCUT2D eigenvalue weighted by Gasteiger charge is 2.11. The number of nitrogens with one attached hydrogen (secondary N) is 2. The highest BCUT2D eigenvalue weighted by molar-refractivity contribution is 5.92. The summed E-state index contributed by atoms with van der Waals surface area (Å²) >= 11 is 0. The number of H-pyrrole nitrogens is 1. The molecule has 32 heavy (non-hydrogen) atoms. The van der Waals surface area contributed by atoms with Gasteiger partial charge in [0, 0.05) is 6.42 Å². The van der Waals surface area contributed by atoms with E-state index in [2.05, 4.69) is 10.4 Å². The van der Waals surface area contributed by atoms with Crippen molar-refractivity contribution in [3.8, 4) is 5.75 Å². The maximum Gasteiger partial charge on any atom is 0.273 e. The minimum absolute atomic E-state index is 0.0141. The smallest absolute Gasteiger partial charge is 0.273 e. The number of fused-ring (bicyclic) bond motifs is 1. The van der Waals surface area contributed by atoms with Gasteiger partial charge in [0.2, 0.25) is 5.91 Å². The molecule has 162 valence electrons. The largest absolute Gasteiger partial charge is 0.487 e. The second-order valence-electron chi connectivity index (χ2n) is 7.52. The molecule has 4 rings (SSSR count). The molecular weight excluding hydrogens is 406 g/mol. The van der Waals surface area contributed by atoms with Crippen LogP contribution >= 0.6 is 0 Å². The number of carbonyl (C=O) groups excluding carboxylic acids is 1. The first-order valence-electron chi connectivity index (χ1n) is 10.3. The molecule has 0 aliphatic rings. The maximum atomic E-state index is 12.6. The lowest BCUT2D eigenvalue weighted by Gasteiger charge is -2.14. The summed E-state index contributed by atoms with van der Waals surface area (Å²) in [5, 5.41) is 6.04. The number of carbonyl (C=O) groups is 1. The average molecular weight is 429 g/mol. The van der Waals surface area contributed by atoms with Crippen molar-refractivity contribution in [1.82, 2.24) is 9.78 Å². The highest BCUT2D eigenvalue weighted by Crippen LogP contribution is 2.27. The number of amides is 1. The van der Waals surface area contributed by atoms with Gasteiger partial charge in [0.05, 0.1) is 23.0 Å². The van der Waals surface area contributed by atoms with Crippen LogP contribution in [0.15, 0.2) is 82.4 Å². The van der Waals surface area contributed by atoms with E-state index in [1.54, 1.807) is 30.3 Å². The van der Waals surface area contributed by atoms with Gasteiger partial charge in [-0.3, -0.25) is 19.5 Å². The molecule has 2 N–H and O–H groups in total. The number of benzene rings is 3. The zero-order chi connectivity index (χ0) is 22.5. The van der Waals surface area contributed by atoms with Crippen molar-refractivity contribution in [2.24, 2.45) is 0 Å². The summed E-state index contributed by atoms with van der Waals surface area (Å²) < 4.78 is 7.11. The van der Waals surface area contributed by atoms with E-state index >= 15 is 0 Å². The average Bonchev–Trinajstić information content (AvgIpc) is 2.81. The van der Waals surface area contributed by atoms with E-state index in [0.29, 0.717) is 28.8 Å². The van der Waals surface area contributed by atoms with Crippen LogP contribution in [0.2, 0.25) is 0 Å². The summed E-state index contributed by atoms with van der Waals surface area (Å²) in [5.41, 5.74) is 1.87. The van der Waals surface area contributed by atoms with Crippen LogP contribution in [0.3, 0.4) is 0 Å². The van der Waals surface area contributed by atoms with Crippen molar-refractivity contribution >= 4 is 22.4 Å². The maximum absolute atomic E-state index is 12.6. The Bertz CT molecular complexity index is 1370. The molecule has 1 heterocycles. The first-order chi connectivity index (χ1) is 15.5. The Balaban J connectivity index is 1.46. The van der Waals surface area contributed by atoms with Crippen LogP contribution in [0.25, 0.3) is 10.8 Å². The van der Waals surface area contributed by atoms with Gasteiger partial charge in [-0.05, 0) is 42.3 Å². The van der Waals surface area contributed by atoms with Crippen molar-refractivity contribution in [2.45, 2.75) is 26.5 Å². The van der Waals surface area contributed by atoms with Crippen LogP contribution in [0.1, 0.15) is 17.5 Å². The second-order valence-corrected chi connectivity index (χ2v) is 7.52. The Morgan fingerprint density at radius 2 is 1.69 bits per heavy atom. The number of nitrogens with zero attached hydrogens (tertiary/aromatic N) is 1. The summed E-state index contributed by atoms with van der Waals surface area (Å²) in [4.78, 5) is 37.4. The quantitative estimate of drug-likeness (QED) is 0.469. The molecule has 1 amide bonds. The predicted octanol–water partition coefficient (Wildman–Crippen LogP) is 3.61. The van der Waals surface area contributed by atoms with Gasteiger partial charge in [-0.1, -0.05) is 48.5 Å². The molecule has 3 aromatic carbocycles. The Morgan fingerprint density at radius 3 is 2.47 bits per heavy atom. The third-order valence-corrected chi connectivity index (χ3v) is 5.09. The fourth-order valence-electron chi connectivity index (χ4n) is 3.42. The monoisotopic (exact) mass is 429 g/mol. The summed E-state index contributed by atoms with van der Waals surface area (Å²) in [5.74, 6) is 0.276. The molecule has 7 nitrogen and oxygen atoms in total. The molecule has 0 aliphatic carbocycles. The molecule has 0 saturated carbocycles. The van der Waals surface area contributed by atoms with Crippen molar-refractivity contribution in [1.29, 1.82) is 0 Å². The number of aryl methyl sites for hydroxylation is 2. The first kappa shape index (κ1) is 21.1. The molecular formula is C25H23N3O4. The van der Waals surface area contributed by atoms with Gasteiger partial charge in [0.25, 0.3) is 11.1 Å². The first-order valence-corrected chi connectivity index (χ1v) is 10.3. The number of anilines is 1. The Kier molecular flexibility index (Phi) is 6.17. The number of aromatic amines is 1. The van der Waals surface area contributed by atoms with Crippen molar-refractivity contribution < 1.29 is 9.53 Å². The summed E-state index contributed by atoms with van der Waals surface area (Å²) in [6.07, 6.45) is 0.0141. The summed E-state index contributed by atoms with van der Waals surface area (Å²) in [6.45, 7) is 2.38. The Hall–Kier alpha value is -4.13. The van der Waals surface area contributed by atoms with Gasteiger partial charge in [0.15, 0.2) is 0 Å². The van der Waals surface area contributed by atoms with Gasteiger partial charge < -0.3 is 10.1 Å². The molecule has 0 unspecified atom stereocenters. The molecule has 1 aromatic heterocycles. The molecule has 4 aromatic rings. The van der Waals surface area contributed by atoms with E-state index in [9.17, 15) is 14.4 Å². The lowest BCUT2D eigenvalue weighted by Crippen LogP contribution is -2.31.